The molecule has 0 spiro atoms. The molecule has 2 N–H and O–H groups in total. The number of nitrogens with one attached hydrogen (secondary N) is 1. The van der Waals surface area contributed by atoms with Crippen LogP contribution in [0.25, 0.3) is 0 Å². The van der Waals surface area contributed by atoms with Crippen LogP contribution in [0.2, 0.25) is 0 Å². The van der Waals surface area contributed by atoms with Gasteiger partial charge in [0.2, 0.25) is 0 Å². The van der Waals surface area contributed by atoms with Crippen molar-refractivity contribution in [2.75, 3.05) is 13.1 Å². The molecular weight excluding hydrogens is 216 g/mol. The van der Waals surface area contributed by atoms with Crippen molar-refractivity contribution in [1.82, 2.24) is 5.32 Å². The van der Waals surface area contributed by atoms with E-state index in [0.29, 0.717) is 0 Å². The van der Waals surface area contributed by atoms with Crippen LogP contribution in [-0.4, -0.2) is 31.9 Å². The van der Waals surface area contributed by atoms with E-state index in [1.54, 1.807) is 12.1 Å². The number of benzene rings is 1. The zero-order valence-electron chi connectivity index (χ0n) is 7.84. The van der Waals surface area contributed by atoms with Crippen LogP contribution in [0.3, 0.4) is 0 Å². The molecule has 0 aromatic heterocycles. The van der Waals surface area contributed by atoms with E-state index in [4.69, 9.17) is 4.55 Å². The van der Waals surface area contributed by atoms with Crippen LogP contribution in [0.1, 0.15) is 5.56 Å². The summed E-state index contributed by atoms with van der Waals surface area (Å²) < 4.78 is 30.3. The molecule has 1 aliphatic rings. The Morgan fingerprint density at radius 2 is 1.93 bits per heavy atom. The van der Waals surface area contributed by atoms with Crippen LogP contribution < -0.4 is 5.32 Å². The van der Waals surface area contributed by atoms with Crippen molar-refractivity contribution in [2.45, 2.75) is 4.90 Å². The van der Waals surface area contributed by atoms with E-state index in [0.717, 1.165) is 24.5 Å². The van der Waals surface area contributed by atoms with Gasteiger partial charge in [-0.25, -0.2) is 0 Å². The predicted molar refractivity (Wildman–Crippen MR) is 55.7 cm³/mol. The third-order valence-electron chi connectivity index (χ3n) is 2.10. The minimum Gasteiger partial charge on any atom is -0.368 e. The largest absolute Gasteiger partial charge is 0.368 e. The first kappa shape index (κ1) is 10.1. The highest BCUT2D eigenvalue weighted by Gasteiger charge is 2.11. The molecule has 0 saturated heterocycles. The number of hydrogen-bond donors (Lipinski definition) is 2. The molecule has 1 heterocycles. The highest BCUT2D eigenvalue weighted by Crippen LogP contribution is 2.11. The van der Waals surface area contributed by atoms with Gasteiger partial charge in [-0.2, -0.15) is 8.42 Å². The molecule has 80 valence electrons. The number of rotatable bonds is 2. The topological polar surface area (TPSA) is 78.8 Å². The maximum atomic E-state index is 10.8. The Hall–Kier alpha value is -1.40. The lowest BCUT2D eigenvalue weighted by Crippen LogP contribution is -2.19. The molecule has 0 amide bonds. The SMILES string of the molecule is O=S(=O)(O)c1ccc(C2=NCCN2)cc1. The fourth-order valence-corrected chi connectivity index (χ4v) is 1.86. The summed E-state index contributed by atoms with van der Waals surface area (Å²) in [4.78, 5) is 4.08. The van der Waals surface area contributed by atoms with Gasteiger partial charge < -0.3 is 5.32 Å². The Labute approximate surface area is 87.6 Å². The lowest BCUT2D eigenvalue weighted by Gasteiger charge is -2.02. The number of amidine groups is 1. The van der Waals surface area contributed by atoms with E-state index in [9.17, 15) is 8.42 Å². The van der Waals surface area contributed by atoms with Gasteiger partial charge in [-0.3, -0.25) is 9.55 Å². The molecule has 0 aliphatic carbocycles. The molecule has 5 nitrogen and oxygen atoms in total. The van der Waals surface area contributed by atoms with Crippen LogP contribution in [0.5, 0.6) is 0 Å². The van der Waals surface area contributed by atoms with Gasteiger partial charge in [0.15, 0.2) is 0 Å². The molecule has 0 fully saturated rings. The smallest absolute Gasteiger partial charge is 0.294 e. The number of aliphatic imine (C=N–C) groups is 1. The highest BCUT2D eigenvalue weighted by atomic mass is 32.2. The lowest BCUT2D eigenvalue weighted by molar-refractivity contribution is 0.483. The van der Waals surface area contributed by atoms with Crippen LogP contribution >= 0.6 is 0 Å². The van der Waals surface area contributed by atoms with Crippen LogP contribution in [0.4, 0.5) is 0 Å². The third-order valence-corrected chi connectivity index (χ3v) is 2.97. The zero-order valence-corrected chi connectivity index (χ0v) is 8.66. The summed E-state index contributed by atoms with van der Waals surface area (Å²) >= 11 is 0. The van der Waals surface area contributed by atoms with Crippen molar-refractivity contribution in [3.8, 4) is 0 Å². The van der Waals surface area contributed by atoms with Crippen molar-refractivity contribution in [2.24, 2.45) is 4.99 Å². The van der Waals surface area contributed by atoms with E-state index in [-0.39, 0.29) is 4.90 Å². The molecule has 0 radical (unpaired) electrons. The van der Waals surface area contributed by atoms with Gasteiger partial charge in [-0.05, 0) is 24.3 Å². The second kappa shape index (κ2) is 3.63. The van der Waals surface area contributed by atoms with Gasteiger partial charge in [-0.15, -0.1) is 0 Å². The molecule has 1 aromatic carbocycles. The maximum Gasteiger partial charge on any atom is 0.294 e. The Morgan fingerprint density at radius 1 is 1.27 bits per heavy atom. The summed E-state index contributed by atoms with van der Waals surface area (Å²) in [5, 5.41) is 3.07. The van der Waals surface area contributed by atoms with E-state index >= 15 is 0 Å². The first-order chi connectivity index (χ1) is 7.07. The Bertz CT molecular complexity index is 491. The normalized spacial score (nSPS) is 15.9. The first-order valence-corrected chi connectivity index (χ1v) is 5.87. The summed E-state index contributed by atoms with van der Waals surface area (Å²) in [6.45, 7) is 1.53. The van der Waals surface area contributed by atoms with Gasteiger partial charge in [-0.1, -0.05) is 0 Å². The van der Waals surface area contributed by atoms with E-state index in [1.807, 2.05) is 0 Å². The van der Waals surface area contributed by atoms with Crippen molar-refractivity contribution < 1.29 is 13.0 Å². The fourth-order valence-electron chi connectivity index (χ4n) is 1.38. The molecule has 15 heavy (non-hydrogen) atoms. The van der Waals surface area contributed by atoms with Crippen molar-refractivity contribution in [3.63, 3.8) is 0 Å². The summed E-state index contributed by atoms with van der Waals surface area (Å²) in [5.41, 5.74) is 0.819. The maximum absolute atomic E-state index is 10.8. The molecule has 2 rings (SSSR count). The van der Waals surface area contributed by atoms with Gasteiger partial charge in [0, 0.05) is 12.1 Å². The Morgan fingerprint density at radius 3 is 2.40 bits per heavy atom. The summed E-state index contributed by atoms with van der Waals surface area (Å²) in [6.07, 6.45) is 0. The summed E-state index contributed by atoms with van der Waals surface area (Å²) in [7, 11) is -4.10. The summed E-state index contributed by atoms with van der Waals surface area (Å²) in [5.74, 6) is 0.761. The van der Waals surface area contributed by atoms with E-state index < -0.39 is 10.1 Å². The monoisotopic (exact) mass is 226 g/mol. The van der Waals surface area contributed by atoms with Crippen molar-refractivity contribution in [3.05, 3.63) is 29.8 Å². The molecule has 1 aromatic rings. The van der Waals surface area contributed by atoms with Crippen LogP contribution in [0.15, 0.2) is 34.2 Å². The molecule has 0 atom stereocenters. The minimum absolute atomic E-state index is 0.107. The van der Waals surface area contributed by atoms with Crippen LogP contribution in [0, 0.1) is 0 Å². The standard InChI is InChI=1S/C9H10N2O3S/c12-15(13,14)8-3-1-7(2-4-8)9-10-5-6-11-9/h1-4H,5-6H2,(H,10,11)(H,12,13,14). The average molecular weight is 226 g/mol. The third kappa shape index (κ3) is 2.16. The molecule has 0 unspecified atom stereocenters. The highest BCUT2D eigenvalue weighted by molar-refractivity contribution is 7.85. The Kier molecular flexibility index (Phi) is 2.45. The second-order valence-electron chi connectivity index (χ2n) is 3.16. The first-order valence-electron chi connectivity index (χ1n) is 4.43. The van der Waals surface area contributed by atoms with Crippen molar-refractivity contribution >= 4 is 16.0 Å². The fraction of sp³-hybridized carbons (Fsp3) is 0.222. The average Bonchev–Trinajstić information content (AvgIpc) is 2.69. The van der Waals surface area contributed by atoms with Gasteiger partial charge in [0.05, 0.1) is 11.4 Å². The lowest BCUT2D eigenvalue weighted by atomic mass is 10.2. The number of hydrogen-bond acceptors (Lipinski definition) is 4. The Balaban J connectivity index is 2.32. The van der Waals surface area contributed by atoms with Gasteiger partial charge >= 0.3 is 0 Å². The molecular formula is C9H10N2O3S. The molecule has 0 bridgehead atoms. The zero-order chi connectivity index (χ0) is 10.9. The van der Waals surface area contributed by atoms with Crippen LogP contribution in [-0.2, 0) is 10.1 Å². The summed E-state index contributed by atoms with van der Waals surface area (Å²) in [6, 6.07) is 5.93. The second-order valence-corrected chi connectivity index (χ2v) is 4.58. The number of nitrogens with zero attached hydrogens (tertiary/aromatic N) is 1. The van der Waals surface area contributed by atoms with E-state index in [2.05, 4.69) is 10.3 Å². The molecule has 6 heteroatoms. The van der Waals surface area contributed by atoms with Crippen molar-refractivity contribution in [1.29, 1.82) is 0 Å². The van der Waals surface area contributed by atoms with E-state index in [1.165, 1.54) is 12.1 Å². The van der Waals surface area contributed by atoms with Gasteiger partial charge in [0.1, 0.15) is 5.84 Å². The molecule has 1 aliphatic heterocycles. The quantitative estimate of drug-likeness (QED) is 0.710. The minimum atomic E-state index is -4.10. The molecule has 0 saturated carbocycles. The van der Waals surface area contributed by atoms with Gasteiger partial charge in [0.25, 0.3) is 10.1 Å². The predicted octanol–water partition coefficient (Wildman–Crippen LogP) is 0.283.